The second-order valence-corrected chi connectivity index (χ2v) is 11.7. The van der Waals surface area contributed by atoms with Crippen molar-refractivity contribution in [3.05, 3.63) is 36.2 Å². The fourth-order valence-electron chi connectivity index (χ4n) is 7.37. The van der Waals surface area contributed by atoms with Gasteiger partial charge in [0.05, 0.1) is 7.11 Å². The van der Waals surface area contributed by atoms with Gasteiger partial charge < -0.3 is 9.47 Å². The van der Waals surface area contributed by atoms with Crippen LogP contribution in [0.4, 0.5) is 13.2 Å². The van der Waals surface area contributed by atoms with Gasteiger partial charge in [0.15, 0.2) is 11.6 Å². The van der Waals surface area contributed by atoms with Crippen molar-refractivity contribution >= 4 is 0 Å². The summed E-state index contributed by atoms with van der Waals surface area (Å²) < 4.78 is 52.2. The van der Waals surface area contributed by atoms with Gasteiger partial charge in [-0.05, 0) is 112 Å². The Morgan fingerprint density at radius 1 is 0.833 bits per heavy atom. The molecule has 0 bridgehead atoms. The standard InChI is InChI=1S/C31H45F3O2/c1-3-4-22-5-9-24(10-6-22)26-13-15-27(16-14-26)25-11-7-23(8-12-25)19-20-31(33,34)36-30-18-17-28(35-2)21-29(30)32/h17-27H,3-16H2,1-2H3. The van der Waals surface area contributed by atoms with Crippen LogP contribution in [0.15, 0.2) is 30.4 Å². The molecule has 5 heteroatoms. The number of halogens is 3. The monoisotopic (exact) mass is 506 g/mol. The Balaban J connectivity index is 1.18. The predicted octanol–water partition coefficient (Wildman–Crippen LogP) is 9.58. The van der Waals surface area contributed by atoms with Crippen molar-refractivity contribution in [1.29, 1.82) is 0 Å². The SMILES string of the molecule is CCCC1CCC(C2CCC(C3CCC(C=CC(F)(F)Oc4ccc(OC)cc4F)CC3)CC2)CC1. The molecule has 0 amide bonds. The number of allylic oxidation sites excluding steroid dienone is 1. The zero-order valence-corrected chi connectivity index (χ0v) is 22.2. The molecule has 0 atom stereocenters. The van der Waals surface area contributed by atoms with Gasteiger partial charge in [0, 0.05) is 12.1 Å². The summed E-state index contributed by atoms with van der Waals surface area (Å²) in [5, 5.41) is 0. The Hall–Kier alpha value is -1.65. The highest BCUT2D eigenvalue weighted by Gasteiger charge is 2.35. The maximum atomic E-state index is 14.3. The lowest BCUT2D eigenvalue weighted by molar-refractivity contribution is -0.133. The summed E-state index contributed by atoms with van der Waals surface area (Å²) in [5.41, 5.74) is 0. The van der Waals surface area contributed by atoms with Crippen LogP contribution in [0.3, 0.4) is 0 Å². The third-order valence-corrected chi connectivity index (χ3v) is 9.50. The van der Waals surface area contributed by atoms with Gasteiger partial charge >= 0.3 is 6.11 Å². The van der Waals surface area contributed by atoms with E-state index in [1.54, 1.807) is 6.08 Å². The zero-order chi connectivity index (χ0) is 25.5. The van der Waals surface area contributed by atoms with E-state index in [4.69, 9.17) is 4.74 Å². The Morgan fingerprint density at radius 3 is 1.86 bits per heavy atom. The van der Waals surface area contributed by atoms with E-state index in [0.717, 1.165) is 67.4 Å². The smallest absolute Gasteiger partial charge is 0.419 e. The summed E-state index contributed by atoms with van der Waals surface area (Å²) in [5.74, 6) is 3.55. The fourth-order valence-corrected chi connectivity index (χ4v) is 7.37. The van der Waals surface area contributed by atoms with Crippen LogP contribution in [0.25, 0.3) is 0 Å². The van der Waals surface area contributed by atoms with Crippen LogP contribution in [0, 0.1) is 41.3 Å². The van der Waals surface area contributed by atoms with Crippen LogP contribution < -0.4 is 9.47 Å². The normalized spacial score (nSPS) is 31.9. The maximum absolute atomic E-state index is 14.3. The molecule has 3 saturated carbocycles. The molecular weight excluding hydrogens is 461 g/mol. The lowest BCUT2D eigenvalue weighted by Gasteiger charge is -2.41. The average Bonchev–Trinajstić information content (AvgIpc) is 2.90. The Labute approximate surface area is 216 Å². The minimum atomic E-state index is -3.54. The van der Waals surface area contributed by atoms with Crippen LogP contribution in [-0.4, -0.2) is 13.2 Å². The van der Waals surface area contributed by atoms with E-state index >= 15 is 0 Å². The molecule has 3 fully saturated rings. The first-order valence-corrected chi connectivity index (χ1v) is 14.5. The molecule has 3 aliphatic carbocycles. The molecule has 0 aromatic heterocycles. The molecule has 0 aliphatic heterocycles. The maximum Gasteiger partial charge on any atom is 0.419 e. The molecule has 1 aromatic rings. The van der Waals surface area contributed by atoms with Gasteiger partial charge in [0.25, 0.3) is 0 Å². The van der Waals surface area contributed by atoms with Crippen LogP contribution in [-0.2, 0) is 0 Å². The molecule has 0 spiro atoms. The molecule has 4 rings (SSSR count). The topological polar surface area (TPSA) is 18.5 Å². The van der Waals surface area contributed by atoms with E-state index in [-0.39, 0.29) is 11.7 Å². The Kier molecular flexibility index (Phi) is 9.69. The van der Waals surface area contributed by atoms with E-state index < -0.39 is 17.7 Å². The summed E-state index contributed by atoms with van der Waals surface area (Å²) in [6.07, 6.45) is 17.1. The van der Waals surface area contributed by atoms with E-state index in [9.17, 15) is 13.2 Å². The van der Waals surface area contributed by atoms with Crippen molar-refractivity contribution < 1.29 is 22.6 Å². The lowest BCUT2D eigenvalue weighted by atomic mass is 9.65. The first-order chi connectivity index (χ1) is 17.4. The average molecular weight is 507 g/mol. The van der Waals surface area contributed by atoms with Crippen LogP contribution in [0.1, 0.15) is 96.8 Å². The summed E-state index contributed by atoms with van der Waals surface area (Å²) in [4.78, 5) is 0. The minimum absolute atomic E-state index is 0.145. The van der Waals surface area contributed by atoms with E-state index in [2.05, 4.69) is 11.7 Å². The second-order valence-electron chi connectivity index (χ2n) is 11.7. The molecule has 0 unspecified atom stereocenters. The predicted molar refractivity (Wildman–Crippen MR) is 139 cm³/mol. The summed E-state index contributed by atoms with van der Waals surface area (Å²) in [6.45, 7) is 2.31. The van der Waals surface area contributed by atoms with Gasteiger partial charge in [0.1, 0.15) is 5.75 Å². The molecule has 3 aliphatic rings. The van der Waals surface area contributed by atoms with Gasteiger partial charge in [-0.2, -0.15) is 8.78 Å². The summed E-state index contributed by atoms with van der Waals surface area (Å²) >= 11 is 0. The molecule has 0 heterocycles. The van der Waals surface area contributed by atoms with Crippen molar-refractivity contribution in [3.63, 3.8) is 0 Å². The Morgan fingerprint density at radius 2 is 1.36 bits per heavy atom. The van der Waals surface area contributed by atoms with E-state index in [1.807, 2.05) is 0 Å². The van der Waals surface area contributed by atoms with Crippen molar-refractivity contribution in [2.75, 3.05) is 7.11 Å². The number of methoxy groups -OCH3 is 1. The number of benzene rings is 1. The van der Waals surface area contributed by atoms with Crippen LogP contribution >= 0.6 is 0 Å². The van der Waals surface area contributed by atoms with Gasteiger partial charge in [-0.15, -0.1) is 0 Å². The Bertz CT molecular complexity index is 830. The largest absolute Gasteiger partial charge is 0.497 e. The van der Waals surface area contributed by atoms with Crippen molar-refractivity contribution in [2.45, 2.75) is 103 Å². The third-order valence-electron chi connectivity index (χ3n) is 9.50. The van der Waals surface area contributed by atoms with Crippen molar-refractivity contribution in [1.82, 2.24) is 0 Å². The van der Waals surface area contributed by atoms with Gasteiger partial charge in [-0.3, -0.25) is 0 Å². The van der Waals surface area contributed by atoms with Crippen molar-refractivity contribution in [2.24, 2.45) is 35.5 Å². The first-order valence-electron chi connectivity index (χ1n) is 14.5. The second kappa shape index (κ2) is 12.7. The number of rotatable bonds is 9. The molecule has 36 heavy (non-hydrogen) atoms. The summed E-state index contributed by atoms with van der Waals surface area (Å²) in [7, 11) is 1.39. The minimum Gasteiger partial charge on any atom is -0.497 e. The molecule has 2 nitrogen and oxygen atoms in total. The highest BCUT2D eigenvalue weighted by molar-refractivity contribution is 5.33. The highest BCUT2D eigenvalue weighted by atomic mass is 19.3. The highest BCUT2D eigenvalue weighted by Crippen LogP contribution is 2.46. The molecule has 202 valence electrons. The number of hydrogen-bond donors (Lipinski definition) is 0. The van der Waals surface area contributed by atoms with E-state index in [0.29, 0.717) is 0 Å². The molecule has 0 saturated heterocycles. The summed E-state index contributed by atoms with van der Waals surface area (Å²) in [6, 6.07) is 3.63. The molecule has 0 radical (unpaired) electrons. The van der Waals surface area contributed by atoms with Gasteiger partial charge in [-0.1, -0.05) is 38.7 Å². The zero-order valence-electron chi connectivity index (χ0n) is 22.2. The molecular formula is C31H45F3O2. The van der Waals surface area contributed by atoms with Gasteiger partial charge in [0.2, 0.25) is 0 Å². The molecule has 1 aromatic carbocycles. The number of ether oxygens (including phenoxy) is 2. The number of alkyl halides is 2. The first kappa shape index (κ1) is 27.4. The quantitative estimate of drug-likeness (QED) is 0.310. The van der Waals surface area contributed by atoms with E-state index in [1.165, 1.54) is 83.5 Å². The van der Waals surface area contributed by atoms with Crippen LogP contribution in [0.5, 0.6) is 11.5 Å². The molecule has 0 N–H and O–H groups in total. The van der Waals surface area contributed by atoms with Crippen LogP contribution in [0.2, 0.25) is 0 Å². The third kappa shape index (κ3) is 7.44. The lowest BCUT2D eigenvalue weighted by Crippen LogP contribution is -2.29. The number of hydrogen-bond acceptors (Lipinski definition) is 2. The fraction of sp³-hybridized carbons (Fsp3) is 0.742. The van der Waals surface area contributed by atoms with Crippen molar-refractivity contribution in [3.8, 4) is 11.5 Å². The van der Waals surface area contributed by atoms with Gasteiger partial charge in [-0.25, -0.2) is 4.39 Å².